The van der Waals surface area contributed by atoms with Crippen LogP contribution in [0.2, 0.25) is 0 Å². The lowest BCUT2D eigenvalue weighted by atomic mass is 9.96. The second kappa shape index (κ2) is 8.25. The van der Waals surface area contributed by atoms with E-state index in [9.17, 15) is 18.7 Å². The van der Waals surface area contributed by atoms with Crippen molar-refractivity contribution in [1.82, 2.24) is 24.7 Å². The van der Waals surface area contributed by atoms with Crippen molar-refractivity contribution in [1.29, 1.82) is 0 Å². The number of hydrogen-bond acceptors (Lipinski definition) is 7. The molecule has 0 spiro atoms. The SMILES string of the molecule is Cc1nc2cc(F)c(-c3cnc(C4(O)CNC4)nc3)cn2c1CN1C(=O)[C@@H](C)Oc2c(F)cc(F)cc21. The van der Waals surface area contributed by atoms with Gasteiger partial charge in [-0.1, -0.05) is 0 Å². The molecular formula is C25H21F3N6O3. The highest BCUT2D eigenvalue weighted by Crippen LogP contribution is 2.38. The third-order valence-electron chi connectivity index (χ3n) is 6.72. The van der Waals surface area contributed by atoms with Gasteiger partial charge in [0.1, 0.15) is 22.9 Å². The molecule has 6 rings (SSSR count). The first-order valence-corrected chi connectivity index (χ1v) is 11.5. The number of fused-ring (bicyclic) bond motifs is 2. The smallest absolute Gasteiger partial charge is 0.268 e. The first-order chi connectivity index (χ1) is 17.6. The van der Waals surface area contributed by atoms with Crippen molar-refractivity contribution in [2.24, 2.45) is 0 Å². The van der Waals surface area contributed by atoms with E-state index in [-0.39, 0.29) is 29.4 Å². The summed E-state index contributed by atoms with van der Waals surface area (Å²) in [6.07, 6.45) is 3.39. The zero-order valence-corrected chi connectivity index (χ0v) is 19.8. The number of amides is 1. The highest BCUT2D eigenvalue weighted by molar-refractivity contribution is 5.99. The quantitative estimate of drug-likeness (QED) is 0.435. The lowest BCUT2D eigenvalue weighted by Gasteiger charge is -2.35. The van der Waals surface area contributed by atoms with Gasteiger partial charge in [0.2, 0.25) is 0 Å². The molecule has 5 heterocycles. The molecule has 37 heavy (non-hydrogen) atoms. The van der Waals surface area contributed by atoms with Crippen molar-refractivity contribution in [2.45, 2.75) is 32.1 Å². The maximum Gasteiger partial charge on any atom is 0.268 e. The Morgan fingerprint density at radius 2 is 1.89 bits per heavy atom. The van der Waals surface area contributed by atoms with E-state index in [4.69, 9.17) is 4.74 Å². The van der Waals surface area contributed by atoms with Crippen LogP contribution in [0.4, 0.5) is 18.9 Å². The average molecular weight is 510 g/mol. The fourth-order valence-electron chi connectivity index (χ4n) is 4.60. The highest BCUT2D eigenvalue weighted by atomic mass is 19.1. The number of aryl methyl sites for hydroxylation is 1. The van der Waals surface area contributed by atoms with E-state index >= 15 is 4.39 Å². The van der Waals surface area contributed by atoms with Crippen molar-refractivity contribution in [2.75, 3.05) is 18.0 Å². The van der Waals surface area contributed by atoms with Crippen LogP contribution in [0.5, 0.6) is 5.75 Å². The summed E-state index contributed by atoms with van der Waals surface area (Å²) in [6, 6.07) is 2.98. The summed E-state index contributed by atoms with van der Waals surface area (Å²) in [6.45, 7) is 3.76. The number of nitrogens with one attached hydrogen (secondary N) is 1. The molecule has 190 valence electrons. The lowest BCUT2D eigenvalue weighted by molar-refractivity contribution is -0.125. The van der Waals surface area contributed by atoms with Crippen LogP contribution in [0.25, 0.3) is 16.8 Å². The van der Waals surface area contributed by atoms with Crippen molar-refractivity contribution in [3.05, 3.63) is 71.5 Å². The largest absolute Gasteiger partial charge is 0.476 e. The molecule has 12 heteroatoms. The number of hydrogen-bond donors (Lipinski definition) is 2. The van der Waals surface area contributed by atoms with E-state index in [1.165, 1.54) is 36.5 Å². The molecule has 1 saturated heterocycles. The summed E-state index contributed by atoms with van der Waals surface area (Å²) in [7, 11) is 0. The molecule has 0 saturated carbocycles. The zero-order chi connectivity index (χ0) is 26.1. The molecule has 0 aliphatic carbocycles. The van der Waals surface area contributed by atoms with Gasteiger partial charge < -0.3 is 19.6 Å². The van der Waals surface area contributed by atoms with Gasteiger partial charge in [0.15, 0.2) is 23.5 Å². The monoisotopic (exact) mass is 510 g/mol. The van der Waals surface area contributed by atoms with Crippen LogP contribution in [0, 0.1) is 24.4 Å². The van der Waals surface area contributed by atoms with Gasteiger partial charge in [-0.2, -0.15) is 0 Å². The summed E-state index contributed by atoms with van der Waals surface area (Å²) in [4.78, 5) is 27.1. The molecule has 9 nitrogen and oxygen atoms in total. The lowest BCUT2D eigenvalue weighted by Crippen LogP contribution is -2.57. The normalized spacial score (nSPS) is 18.5. The summed E-state index contributed by atoms with van der Waals surface area (Å²) in [5, 5.41) is 13.4. The molecule has 2 aliphatic rings. The molecule has 0 radical (unpaired) electrons. The Balaban J connectivity index is 1.42. The Labute approximate surface area is 208 Å². The van der Waals surface area contributed by atoms with Crippen molar-refractivity contribution in [3.63, 3.8) is 0 Å². The van der Waals surface area contributed by atoms with E-state index in [0.29, 0.717) is 41.8 Å². The summed E-state index contributed by atoms with van der Waals surface area (Å²) in [5.41, 5.74) is 0.685. The van der Waals surface area contributed by atoms with Crippen LogP contribution < -0.4 is 15.0 Å². The second-order valence-electron chi connectivity index (χ2n) is 9.26. The summed E-state index contributed by atoms with van der Waals surface area (Å²) >= 11 is 0. The van der Waals surface area contributed by atoms with Gasteiger partial charge in [-0.05, 0) is 13.8 Å². The van der Waals surface area contributed by atoms with Gasteiger partial charge in [0.05, 0.1) is 23.6 Å². The molecule has 0 unspecified atom stereocenters. The number of ether oxygens (including phenoxy) is 1. The van der Waals surface area contributed by atoms with E-state index < -0.39 is 35.1 Å². The zero-order valence-electron chi connectivity index (χ0n) is 19.8. The van der Waals surface area contributed by atoms with Crippen LogP contribution in [-0.4, -0.2) is 49.6 Å². The first-order valence-electron chi connectivity index (χ1n) is 11.5. The average Bonchev–Trinajstić information content (AvgIpc) is 3.14. The molecular weight excluding hydrogens is 489 g/mol. The van der Waals surface area contributed by atoms with Crippen molar-refractivity contribution in [3.8, 4) is 16.9 Å². The number of anilines is 1. The minimum atomic E-state index is -1.15. The molecule has 4 aromatic rings. The van der Waals surface area contributed by atoms with Crippen molar-refractivity contribution < 1.29 is 27.8 Å². The maximum absolute atomic E-state index is 15.1. The topological polar surface area (TPSA) is 105 Å². The highest BCUT2D eigenvalue weighted by Gasteiger charge is 2.39. The van der Waals surface area contributed by atoms with Crippen LogP contribution in [0.3, 0.4) is 0 Å². The van der Waals surface area contributed by atoms with Gasteiger partial charge in [-0.15, -0.1) is 0 Å². The molecule has 1 aromatic carbocycles. The number of carbonyl (C=O) groups excluding carboxylic acids is 1. The first kappa shape index (κ1) is 23.4. The van der Waals surface area contributed by atoms with Gasteiger partial charge >= 0.3 is 0 Å². The predicted octanol–water partition coefficient (Wildman–Crippen LogP) is 2.62. The number of benzene rings is 1. The van der Waals surface area contributed by atoms with Gasteiger partial charge in [-0.25, -0.2) is 28.1 Å². The van der Waals surface area contributed by atoms with Crippen LogP contribution in [0.1, 0.15) is 24.1 Å². The van der Waals surface area contributed by atoms with Crippen LogP contribution in [0.15, 0.2) is 36.8 Å². The molecule has 1 amide bonds. The number of aliphatic hydroxyl groups is 1. The van der Waals surface area contributed by atoms with E-state index in [0.717, 1.165) is 6.07 Å². The molecule has 2 aliphatic heterocycles. The number of β-amino-alcohol motifs (C(OH)–C–C–N with tert-alkyl or cyclic N) is 1. The Morgan fingerprint density at radius 1 is 1.16 bits per heavy atom. The minimum Gasteiger partial charge on any atom is -0.476 e. The molecule has 1 atom stereocenters. The Morgan fingerprint density at radius 3 is 2.57 bits per heavy atom. The number of aromatic nitrogens is 4. The fraction of sp³-hybridized carbons (Fsp3) is 0.280. The molecule has 2 N–H and O–H groups in total. The maximum atomic E-state index is 15.1. The van der Waals surface area contributed by atoms with Gasteiger partial charge in [0.25, 0.3) is 5.91 Å². The van der Waals surface area contributed by atoms with Gasteiger partial charge in [-0.3, -0.25) is 9.69 Å². The fourth-order valence-corrected chi connectivity index (χ4v) is 4.60. The minimum absolute atomic E-state index is 0.0373. The number of carbonyl (C=O) groups is 1. The number of imidazole rings is 1. The third-order valence-corrected chi connectivity index (χ3v) is 6.72. The summed E-state index contributed by atoms with van der Waals surface area (Å²) in [5.74, 6) is -2.78. The van der Waals surface area contributed by atoms with Crippen LogP contribution >= 0.6 is 0 Å². The van der Waals surface area contributed by atoms with E-state index in [1.807, 2.05) is 0 Å². The molecule has 3 aromatic heterocycles. The Kier molecular flexibility index (Phi) is 5.21. The van der Waals surface area contributed by atoms with Crippen molar-refractivity contribution >= 4 is 17.2 Å². The standard InChI is InChI=1S/C25H21F3N6O3/c1-12-20(9-34-19-4-15(26)3-18(28)22(19)37-13(2)23(34)35)33-8-16(17(27)5-21(33)32-12)14-6-30-24(31-7-14)25(36)10-29-11-25/h3-8,13,29,36H,9-11H2,1-2H3/t13-/m1/s1. The number of nitrogens with zero attached hydrogens (tertiary/aromatic N) is 5. The summed E-state index contributed by atoms with van der Waals surface area (Å²) < 4.78 is 50.6. The molecule has 0 bridgehead atoms. The van der Waals surface area contributed by atoms with E-state index in [1.54, 1.807) is 11.3 Å². The number of halogens is 3. The van der Waals surface area contributed by atoms with Gasteiger partial charge in [0, 0.05) is 61.0 Å². The van der Waals surface area contributed by atoms with E-state index in [2.05, 4.69) is 20.3 Å². The molecule has 1 fully saturated rings. The number of rotatable bonds is 4. The van der Waals surface area contributed by atoms with Crippen LogP contribution in [-0.2, 0) is 16.9 Å². The Hall–Kier alpha value is -4.03. The third kappa shape index (κ3) is 3.71. The second-order valence-corrected chi connectivity index (χ2v) is 9.26. The number of pyridine rings is 1. The predicted molar refractivity (Wildman–Crippen MR) is 125 cm³/mol. The Bertz CT molecular complexity index is 1570.